The fourth-order valence-corrected chi connectivity index (χ4v) is 2.97. The second-order valence-electron chi connectivity index (χ2n) is 4.34. The van der Waals surface area contributed by atoms with Crippen LogP contribution in [0.2, 0.25) is 0 Å². The minimum atomic E-state index is -0.653. The van der Waals surface area contributed by atoms with Gasteiger partial charge in [-0.3, -0.25) is 4.79 Å². The number of esters is 1. The number of carbonyl (C=O) groups excluding carboxylic acids is 1. The number of hydrogen-bond acceptors (Lipinski definition) is 5. The van der Waals surface area contributed by atoms with Crippen molar-refractivity contribution < 1.29 is 14.3 Å². The molecule has 0 bridgehead atoms. The number of ether oxygens (including phenoxy) is 2. The lowest BCUT2D eigenvalue weighted by Crippen LogP contribution is -2.37. The molecule has 0 aliphatic heterocycles. The standard InChI is InChI=1S/C15H23NO3S/c1-4-10-20-14(13(16)15(17)19-5-2)11-6-8-12(18-3)9-7-11/h6-9,13-14H,4-5,10,16H2,1-3H3. The predicted molar refractivity (Wildman–Crippen MR) is 83.1 cm³/mol. The maximum atomic E-state index is 11.9. The lowest BCUT2D eigenvalue weighted by atomic mass is 10.1. The van der Waals surface area contributed by atoms with E-state index >= 15 is 0 Å². The summed E-state index contributed by atoms with van der Waals surface area (Å²) in [6.45, 7) is 4.24. The molecule has 2 N–H and O–H groups in total. The summed E-state index contributed by atoms with van der Waals surface area (Å²) in [4.78, 5) is 11.9. The minimum absolute atomic E-state index is 0.0973. The van der Waals surface area contributed by atoms with E-state index in [0.717, 1.165) is 23.5 Å². The molecule has 0 spiro atoms. The van der Waals surface area contributed by atoms with Gasteiger partial charge in [-0.1, -0.05) is 19.1 Å². The van der Waals surface area contributed by atoms with E-state index in [9.17, 15) is 4.79 Å². The SMILES string of the molecule is CCCSC(c1ccc(OC)cc1)C(N)C(=O)OCC. The summed E-state index contributed by atoms with van der Waals surface area (Å²) in [5.41, 5.74) is 7.08. The van der Waals surface area contributed by atoms with Crippen LogP contribution in [0, 0.1) is 0 Å². The van der Waals surface area contributed by atoms with Gasteiger partial charge in [0.15, 0.2) is 0 Å². The highest BCUT2D eigenvalue weighted by molar-refractivity contribution is 7.99. The van der Waals surface area contributed by atoms with Crippen LogP contribution in [-0.4, -0.2) is 31.5 Å². The Morgan fingerprint density at radius 3 is 2.45 bits per heavy atom. The van der Waals surface area contributed by atoms with Gasteiger partial charge in [0.1, 0.15) is 11.8 Å². The molecule has 1 rings (SSSR count). The van der Waals surface area contributed by atoms with E-state index in [0.29, 0.717) is 6.61 Å². The number of carbonyl (C=O) groups is 1. The van der Waals surface area contributed by atoms with Gasteiger partial charge in [-0.15, -0.1) is 0 Å². The molecular formula is C15H23NO3S. The Bertz CT molecular complexity index is 408. The van der Waals surface area contributed by atoms with Crippen molar-refractivity contribution in [3.63, 3.8) is 0 Å². The van der Waals surface area contributed by atoms with E-state index in [4.69, 9.17) is 15.2 Å². The molecule has 2 atom stereocenters. The lowest BCUT2D eigenvalue weighted by molar-refractivity contribution is -0.144. The van der Waals surface area contributed by atoms with E-state index in [1.165, 1.54) is 0 Å². The zero-order chi connectivity index (χ0) is 15.0. The Balaban J connectivity index is 2.88. The van der Waals surface area contributed by atoms with Gasteiger partial charge >= 0.3 is 5.97 Å². The number of benzene rings is 1. The monoisotopic (exact) mass is 297 g/mol. The molecule has 5 heteroatoms. The highest BCUT2D eigenvalue weighted by Crippen LogP contribution is 2.33. The molecule has 1 aromatic carbocycles. The molecule has 0 amide bonds. The highest BCUT2D eigenvalue weighted by Gasteiger charge is 2.27. The van der Waals surface area contributed by atoms with Gasteiger partial charge in [0.2, 0.25) is 0 Å². The Hall–Kier alpha value is -1.20. The smallest absolute Gasteiger partial charge is 0.324 e. The van der Waals surface area contributed by atoms with Gasteiger partial charge < -0.3 is 15.2 Å². The number of hydrogen-bond donors (Lipinski definition) is 1. The fourth-order valence-electron chi connectivity index (χ4n) is 1.81. The van der Waals surface area contributed by atoms with E-state index < -0.39 is 6.04 Å². The van der Waals surface area contributed by atoms with Gasteiger partial charge in [-0.2, -0.15) is 11.8 Å². The van der Waals surface area contributed by atoms with E-state index in [2.05, 4.69) is 6.92 Å². The van der Waals surface area contributed by atoms with Crippen LogP contribution < -0.4 is 10.5 Å². The van der Waals surface area contributed by atoms with Gasteiger partial charge in [-0.25, -0.2) is 0 Å². The number of methoxy groups -OCH3 is 1. The van der Waals surface area contributed by atoms with Gasteiger partial charge in [0.05, 0.1) is 19.0 Å². The first-order valence-corrected chi connectivity index (χ1v) is 7.86. The Morgan fingerprint density at radius 1 is 1.30 bits per heavy atom. The Kier molecular flexibility index (Phi) is 7.47. The van der Waals surface area contributed by atoms with Crippen molar-refractivity contribution in [1.29, 1.82) is 0 Å². The molecule has 0 saturated heterocycles. The van der Waals surface area contributed by atoms with Crippen molar-refractivity contribution in [1.82, 2.24) is 0 Å². The summed E-state index contributed by atoms with van der Waals surface area (Å²) in [6, 6.07) is 7.01. The van der Waals surface area contributed by atoms with Crippen molar-refractivity contribution in [2.45, 2.75) is 31.6 Å². The molecule has 0 aliphatic rings. The molecular weight excluding hydrogens is 274 g/mol. The first-order valence-electron chi connectivity index (χ1n) is 6.81. The van der Waals surface area contributed by atoms with Crippen LogP contribution in [0.4, 0.5) is 0 Å². The minimum Gasteiger partial charge on any atom is -0.497 e. The largest absolute Gasteiger partial charge is 0.497 e. The third kappa shape index (κ3) is 4.72. The first-order chi connectivity index (χ1) is 9.63. The second kappa shape index (κ2) is 8.87. The first kappa shape index (κ1) is 16.9. The predicted octanol–water partition coefficient (Wildman–Crippen LogP) is 2.77. The summed E-state index contributed by atoms with van der Waals surface area (Å²) in [5, 5.41) is -0.0973. The van der Waals surface area contributed by atoms with E-state index in [-0.39, 0.29) is 11.2 Å². The van der Waals surface area contributed by atoms with Crippen molar-refractivity contribution in [3.8, 4) is 5.75 Å². The van der Waals surface area contributed by atoms with E-state index in [1.54, 1.807) is 25.8 Å². The van der Waals surface area contributed by atoms with Crippen molar-refractivity contribution in [3.05, 3.63) is 29.8 Å². The van der Waals surface area contributed by atoms with Gasteiger partial charge in [0.25, 0.3) is 0 Å². The summed E-state index contributed by atoms with van der Waals surface area (Å²) in [5.74, 6) is 1.39. The zero-order valence-electron chi connectivity index (χ0n) is 12.3. The molecule has 0 heterocycles. The molecule has 0 radical (unpaired) electrons. The van der Waals surface area contributed by atoms with Crippen molar-refractivity contribution in [2.75, 3.05) is 19.5 Å². The average molecular weight is 297 g/mol. The van der Waals surface area contributed by atoms with Gasteiger partial charge in [0, 0.05) is 0 Å². The summed E-state index contributed by atoms with van der Waals surface area (Å²) >= 11 is 1.68. The van der Waals surface area contributed by atoms with Crippen LogP contribution in [0.25, 0.3) is 0 Å². The summed E-state index contributed by atoms with van der Waals surface area (Å²) in [6.07, 6.45) is 1.03. The van der Waals surface area contributed by atoms with Crippen LogP contribution in [0.1, 0.15) is 31.1 Å². The van der Waals surface area contributed by atoms with Crippen LogP contribution in [-0.2, 0) is 9.53 Å². The highest BCUT2D eigenvalue weighted by atomic mass is 32.2. The van der Waals surface area contributed by atoms with Crippen LogP contribution in [0.5, 0.6) is 5.75 Å². The molecule has 0 fully saturated rings. The number of rotatable bonds is 8. The fraction of sp³-hybridized carbons (Fsp3) is 0.533. The molecule has 112 valence electrons. The van der Waals surface area contributed by atoms with Crippen molar-refractivity contribution >= 4 is 17.7 Å². The summed E-state index contributed by atoms with van der Waals surface area (Å²) < 4.78 is 10.2. The maximum Gasteiger partial charge on any atom is 0.324 e. The quantitative estimate of drug-likeness (QED) is 0.748. The molecule has 2 unspecified atom stereocenters. The van der Waals surface area contributed by atoms with Gasteiger partial charge in [-0.05, 0) is 36.8 Å². The zero-order valence-corrected chi connectivity index (χ0v) is 13.1. The topological polar surface area (TPSA) is 61.5 Å². The third-order valence-corrected chi connectivity index (χ3v) is 4.40. The Labute approximate surface area is 125 Å². The maximum absolute atomic E-state index is 11.9. The Morgan fingerprint density at radius 2 is 1.95 bits per heavy atom. The summed E-state index contributed by atoms with van der Waals surface area (Å²) in [7, 11) is 1.63. The third-order valence-electron chi connectivity index (χ3n) is 2.83. The molecule has 4 nitrogen and oxygen atoms in total. The van der Waals surface area contributed by atoms with E-state index in [1.807, 2.05) is 24.3 Å². The second-order valence-corrected chi connectivity index (χ2v) is 5.59. The van der Waals surface area contributed by atoms with Crippen LogP contribution >= 0.6 is 11.8 Å². The van der Waals surface area contributed by atoms with Crippen LogP contribution in [0.15, 0.2) is 24.3 Å². The van der Waals surface area contributed by atoms with Crippen molar-refractivity contribution in [2.24, 2.45) is 5.73 Å². The molecule has 0 saturated carbocycles. The number of nitrogens with two attached hydrogens (primary N) is 1. The normalized spacial score (nSPS) is 13.6. The lowest BCUT2D eigenvalue weighted by Gasteiger charge is -2.22. The molecule has 20 heavy (non-hydrogen) atoms. The molecule has 0 aromatic heterocycles. The number of thioether (sulfide) groups is 1. The van der Waals surface area contributed by atoms with Crippen LogP contribution in [0.3, 0.4) is 0 Å². The molecule has 1 aromatic rings. The molecule has 0 aliphatic carbocycles. The average Bonchev–Trinajstić information content (AvgIpc) is 2.48.